The first kappa shape index (κ1) is 17.5. The van der Waals surface area contributed by atoms with Crippen molar-refractivity contribution in [1.29, 1.82) is 0 Å². The van der Waals surface area contributed by atoms with Gasteiger partial charge >= 0.3 is 0 Å². The van der Waals surface area contributed by atoms with Gasteiger partial charge in [-0.3, -0.25) is 4.68 Å². The van der Waals surface area contributed by atoms with Crippen molar-refractivity contribution in [3.8, 4) is 0 Å². The molecule has 0 bridgehead atoms. The molecule has 4 nitrogen and oxygen atoms in total. The van der Waals surface area contributed by atoms with Gasteiger partial charge in [-0.25, -0.2) is 0 Å². The fourth-order valence-electron chi connectivity index (χ4n) is 2.64. The highest BCUT2D eigenvalue weighted by atomic mass is 35.5. The molecule has 0 aliphatic rings. The van der Waals surface area contributed by atoms with Crippen LogP contribution < -0.4 is 5.32 Å². The maximum atomic E-state index is 6.45. The van der Waals surface area contributed by atoms with Crippen LogP contribution in [0.25, 0.3) is 0 Å². The number of ether oxygens (including phenoxy) is 1. The monoisotopic (exact) mass is 301 g/mol. The van der Waals surface area contributed by atoms with Crippen LogP contribution in [0.3, 0.4) is 0 Å². The average Bonchev–Trinajstić information content (AvgIpc) is 2.71. The molecule has 20 heavy (non-hydrogen) atoms. The van der Waals surface area contributed by atoms with Crippen LogP contribution in [0, 0.1) is 0 Å². The predicted octanol–water partition coefficient (Wildman–Crippen LogP) is 2.97. The molecule has 1 aromatic rings. The molecule has 1 N–H and O–H groups in total. The first-order valence-electron chi connectivity index (χ1n) is 7.44. The lowest BCUT2D eigenvalue weighted by atomic mass is 9.89. The lowest BCUT2D eigenvalue weighted by Crippen LogP contribution is -2.50. The number of aromatic nitrogens is 2. The second kappa shape index (κ2) is 7.43. The first-order valence-corrected chi connectivity index (χ1v) is 7.82. The van der Waals surface area contributed by atoms with E-state index in [1.165, 1.54) is 0 Å². The van der Waals surface area contributed by atoms with E-state index in [1.807, 2.05) is 25.7 Å². The summed E-state index contributed by atoms with van der Waals surface area (Å²) in [5.74, 6) is 0. The molecule has 0 aliphatic carbocycles. The molecule has 0 aliphatic heterocycles. The third-order valence-electron chi connectivity index (χ3n) is 4.16. The molecule has 1 heterocycles. The summed E-state index contributed by atoms with van der Waals surface area (Å²) in [4.78, 5) is 0. The van der Waals surface area contributed by atoms with E-state index in [0.717, 1.165) is 35.7 Å². The first-order chi connectivity index (χ1) is 9.43. The van der Waals surface area contributed by atoms with Crippen molar-refractivity contribution in [1.82, 2.24) is 15.1 Å². The molecule has 1 aromatic heterocycles. The lowest BCUT2D eigenvalue weighted by molar-refractivity contribution is -0.0537. The Morgan fingerprint density at radius 1 is 1.40 bits per heavy atom. The second-order valence-electron chi connectivity index (χ2n) is 5.33. The molecular formula is C15H28ClN3O. The van der Waals surface area contributed by atoms with Crippen molar-refractivity contribution in [2.24, 2.45) is 7.05 Å². The number of aryl methyl sites for hydroxylation is 2. The fraction of sp³-hybridized carbons (Fsp3) is 0.800. The molecule has 2 atom stereocenters. The van der Waals surface area contributed by atoms with E-state index >= 15 is 0 Å². The number of hydrogen-bond donors (Lipinski definition) is 1. The van der Waals surface area contributed by atoms with Gasteiger partial charge in [0, 0.05) is 26.1 Å². The molecule has 0 radical (unpaired) electrons. The number of nitrogens with one attached hydrogen (secondary N) is 1. The molecule has 0 spiro atoms. The van der Waals surface area contributed by atoms with E-state index in [4.69, 9.17) is 16.3 Å². The normalized spacial score (nSPS) is 16.1. The van der Waals surface area contributed by atoms with Gasteiger partial charge in [0.25, 0.3) is 0 Å². The Balaban J connectivity index is 3.02. The number of hydrogen-bond acceptors (Lipinski definition) is 3. The summed E-state index contributed by atoms with van der Waals surface area (Å²) in [6, 6.07) is 0.199. The van der Waals surface area contributed by atoms with E-state index in [-0.39, 0.29) is 11.6 Å². The van der Waals surface area contributed by atoms with Crippen LogP contribution in [0.1, 0.15) is 45.5 Å². The highest BCUT2D eigenvalue weighted by molar-refractivity contribution is 6.31. The number of halogens is 1. The van der Waals surface area contributed by atoms with Crippen molar-refractivity contribution in [2.75, 3.05) is 13.7 Å². The summed E-state index contributed by atoms with van der Waals surface area (Å²) >= 11 is 6.45. The summed E-state index contributed by atoms with van der Waals surface area (Å²) in [5.41, 5.74) is 1.83. The van der Waals surface area contributed by atoms with Crippen molar-refractivity contribution in [2.45, 2.75) is 58.6 Å². The standard InChI is InChI=1S/C15H28ClN3O/c1-7-11-14(16)12(19(6)18-11)10-13(17-5)15(4,8-2)20-9-3/h13,17H,7-10H2,1-6H3. The van der Waals surface area contributed by atoms with Crippen LogP contribution in [0.15, 0.2) is 0 Å². The molecule has 2 unspecified atom stereocenters. The number of nitrogens with zero attached hydrogens (tertiary/aromatic N) is 2. The largest absolute Gasteiger partial charge is 0.374 e. The zero-order chi connectivity index (χ0) is 15.3. The summed E-state index contributed by atoms with van der Waals surface area (Å²) in [5, 5.41) is 8.67. The molecule has 0 saturated heterocycles. The minimum Gasteiger partial charge on any atom is -0.374 e. The Morgan fingerprint density at radius 3 is 2.45 bits per heavy atom. The maximum Gasteiger partial charge on any atom is 0.0850 e. The Morgan fingerprint density at radius 2 is 2.05 bits per heavy atom. The highest BCUT2D eigenvalue weighted by Gasteiger charge is 2.33. The zero-order valence-electron chi connectivity index (χ0n) is 13.6. The Bertz CT molecular complexity index is 433. The Labute approximate surface area is 127 Å². The van der Waals surface area contributed by atoms with Gasteiger partial charge in [-0.05, 0) is 33.7 Å². The number of rotatable bonds is 8. The Kier molecular flexibility index (Phi) is 6.49. The molecule has 0 amide bonds. The molecule has 0 aromatic carbocycles. The van der Waals surface area contributed by atoms with E-state index in [2.05, 4.69) is 31.2 Å². The quantitative estimate of drug-likeness (QED) is 0.802. The van der Waals surface area contributed by atoms with Gasteiger partial charge in [0.2, 0.25) is 0 Å². The van der Waals surface area contributed by atoms with Gasteiger partial charge < -0.3 is 10.1 Å². The molecule has 0 saturated carbocycles. The van der Waals surface area contributed by atoms with E-state index < -0.39 is 0 Å². The SMILES string of the molecule is CCOC(C)(CC)C(Cc1c(Cl)c(CC)nn1C)NC. The van der Waals surface area contributed by atoms with Crippen molar-refractivity contribution in [3.05, 3.63) is 16.4 Å². The number of likely N-dealkylation sites (N-methyl/N-ethyl adjacent to an activating group) is 1. The van der Waals surface area contributed by atoms with Crippen LogP contribution in [-0.4, -0.2) is 35.1 Å². The van der Waals surface area contributed by atoms with Crippen LogP contribution >= 0.6 is 11.6 Å². The van der Waals surface area contributed by atoms with E-state index in [9.17, 15) is 0 Å². The van der Waals surface area contributed by atoms with Gasteiger partial charge in [0.15, 0.2) is 0 Å². The fourth-order valence-corrected chi connectivity index (χ4v) is 3.01. The highest BCUT2D eigenvalue weighted by Crippen LogP contribution is 2.27. The van der Waals surface area contributed by atoms with Gasteiger partial charge in [-0.1, -0.05) is 25.4 Å². The van der Waals surface area contributed by atoms with Crippen molar-refractivity contribution >= 4 is 11.6 Å². The van der Waals surface area contributed by atoms with Gasteiger partial charge in [0.05, 0.1) is 22.0 Å². The summed E-state index contributed by atoms with van der Waals surface area (Å²) < 4.78 is 7.88. The molecule has 0 fully saturated rings. The minimum absolute atomic E-state index is 0.199. The van der Waals surface area contributed by atoms with Gasteiger partial charge in [0.1, 0.15) is 0 Å². The molecule has 1 rings (SSSR count). The minimum atomic E-state index is -0.205. The van der Waals surface area contributed by atoms with Crippen LogP contribution in [0.2, 0.25) is 5.02 Å². The molecule has 5 heteroatoms. The zero-order valence-corrected chi connectivity index (χ0v) is 14.3. The van der Waals surface area contributed by atoms with Crippen LogP contribution in [-0.2, 0) is 24.6 Å². The third-order valence-corrected chi connectivity index (χ3v) is 4.60. The summed E-state index contributed by atoms with van der Waals surface area (Å²) in [6.45, 7) is 9.13. The summed E-state index contributed by atoms with van der Waals surface area (Å²) in [7, 11) is 3.93. The topological polar surface area (TPSA) is 39.1 Å². The molecule has 116 valence electrons. The van der Waals surface area contributed by atoms with E-state index in [1.54, 1.807) is 0 Å². The van der Waals surface area contributed by atoms with E-state index in [0.29, 0.717) is 6.61 Å². The van der Waals surface area contributed by atoms with Gasteiger partial charge in [-0.15, -0.1) is 0 Å². The van der Waals surface area contributed by atoms with Crippen molar-refractivity contribution < 1.29 is 4.74 Å². The van der Waals surface area contributed by atoms with Crippen molar-refractivity contribution in [3.63, 3.8) is 0 Å². The summed E-state index contributed by atoms with van der Waals surface area (Å²) in [6.07, 6.45) is 2.61. The van der Waals surface area contributed by atoms with Crippen LogP contribution in [0.4, 0.5) is 0 Å². The predicted molar refractivity (Wildman–Crippen MR) is 84.5 cm³/mol. The third kappa shape index (κ3) is 3.54. The van der Waals surface area contributed by atoms with Crippen LogP contribution in [0.5, 0.6) is 0 Å². The van der Waals surface area contributed by atoms with Gasteiger partial charge in [-0.2, -0.15) is 5.10 Å². The average molecular weight is 302 g/mol. The molecular weight excluding hydrogens is 274 g/mol. The smallest absolute Gasteiger partial charge is 0.0850 e. The second-order valence-corrected chi connectivity index (χ2v) is 5.71. The lowest BCUT2D eigenvalue weighted by Gasteiger charge is -2.36. The Hall–Kier alpha value is -0.580. The maximum absolute atomic E-state index is 6.45.